The van der Waals surface area contributed by atoms with Crippen molar-refractivity contribution in [1.82, 2.24) is 19.5 Å². The van der Waals surface area contributed by atoms with Gasteiger partial charge < -0.3 is 10.5 Å². The van der Waals surface area contributed by atoms with Crippen molar-refractivity contribution in [3.63, 3.8) is 0 Å². The number of hydrogen-bond acceptors (Lipinski definition) is 6. The van der Waals surface area contributed by atoms with Gasteiger partial charge in [-0.25, -0.2) is 9.97 Å². The minimum Gasteiger partial charge on any atom is -0.481 e. The highest BCUT2D eigenvalue weighted by Gasteiger charge is 2.17. The molecule has 3 aromatic heterocycles. The predicted octanol–water partition coefficient (Wildman–Crippen LogP) is 2.33. The second-order valence-corrected chi connectivity index (χ2v) is 5.82. The maximum atomic E-state index is 13.0. The zero-order valence-electron chi connectivity index (χ0n) is 14.1. The summed E-state index contributed by atoms with van der Waals surface area (Å²) in [6.07, 6.45) is 1.62. The third-order valence-corrected chi connectivity index (χ3v) is 3.87. The number of nitrogens with two attached hydrogens (primary N) is 1. The molecule has 0 amide bonds. The minimum absolute atomic E-state index is 0.0696. The molecule has 0 unspecified atom stereocenters. The summed E-state index contributed by atoms with van der Waals surface area (Å²) in [6, 6.07) is 5.27. The first kappa shape index (κ1) is 15.9. The Morgan fingerprint density at radius 1 is 1.25 bits per heavy atom. The molecule has 0 saturated carbocycles. The van der Waals surface area contributed by atoms with E-state index in [1.165, 1.54) is 0 Å². The van der Waals surface area contributed by atoms with Crippen LogP contribution in [0.25, 0.3) is 22.2 Å². The Kier molecular flexibility index (Phi) is 3.92. The van der Waals surface area contributed by atoms with Crippen molar-refractivity contribution < 1.29 is 4.74 Å². The molecule has 3 heterocycles. The summed E-state index contributed by atoms with van der Waals surface area (Å²) in [7, 11) is 1.55. The molecule has 3 rings (SSSR count). The van der Waals surface area contributed by atoms with Crippen LogP contribution in [0.4, 0.5) is 5.95 Å². The van der Waals surface area contributed by atoms with Crippen molar-refractivity contribution in [2.45, 2.75) is 26.8 Å². The number of rotatable bonds is 3. The summed E-state index contributed by atoms with van der Waals surface area (Å²) in [4.78, 5) is 25.7. The smallest absolute Gasteiger partial charge is 0.260 e. The number of pyridine rings is 2. The van der Waals surface area contributed by atoms with Gasteiger partial charge in [-0.2, -0.15) is 4.98 Å². The topological polar surface area (TPSA) is 95.9 Å². The third-order valence-electron chi connectivity index (χ3n) is 3.87. The lowest BCUT2D eigenvalue weighted by molar-refractivity contribution is 0.398. The average Bonchev–Trinajstić information content (AvgIpc) is 2.54. The number of nitrogen functional groups attached to an aromatic ring is 1. The highest BCUT2D eigenvalue weighted by atomic mass is 16.5. The van der Waals surface area contributed by atoms with Crippen LogP contribution in [0.5, 0.6) is 5.88 Å². The predicted molar refractivity (Wildman–Crippen MR) is 93.1 cm³/mol. The van der Waals surface area contributed by atoms with Crippen molar-refractivity contribution in [3.05, 3.63) is 40.4 Å². The summed E-state index contributed by atoms with van der Waals surface area (Å²) in [6.45, 7) is 5.72. The van der Waals surface area contributed by atoms with Crippen molar-refractivity contribution in [2.75, 3.05) is 12.8 Å². The monoisotopic (exact) mass is 325 g/mol. The molecule has 0 spiro atoms. The van der Waals surface area contributed by atoms with Crippen LogP contribution in [-0.2, 0) is 0 Å². The highest BCUT2D eigenvalue weighted by molar-refractivity contribution is 5.84. The van der Waals surface area contributed by atoms with Gasteiger partial charge >= 0.3 is 0 Å². The highest BCUT2D eigenvalue weighted by Crippen LogP contribution is 2.24. The summed E-state index contributed by atoms with van der Waals surface area (Å²) >= 11 is 0. The minimum atomic E-state index is -0.137. The fourth-order valence-electron chi connectivity index (χ4n) is 2.72. The van der Waals surface area contributed by atoms with Gasteiger partial charge in [0.25, 0.3) is 5.56 Å². The quantitative estimate of drug-likeness (QED) is 0.794. The van der Waals surface area contributed by atoms with Crippen LogP contribution in [0.2, 0.25) is 0 Å². The van der Waals surface area contributed by atoms with Crippen molar-refractivity contribution >= 4 is 17.0 Å². The molecule has 0 fully saturated rings. The zero-order valence-corrected chi connectivity index (χ0v) is 14.1. The Bertz CT molecular complexity index is 961. The molecule has 7 nitrogen and oxygen atoms in total. The van der Waals surface area contributed by atoms with Crippen LogP contribution in [0, 0.1) is 6.92 Å². The van der Waals surface area contributed by atoms with Crippen LogP contribution >= 0.6 is 0 Å². The average molecular weight is 325 g/mol. The number of fused-ring (bicyclic) bond motifs is 1. The van der Waals surface area contributed by atoms with Crippen LogP contribution in [0.1, 0.15) is 25.6 Å². The number of aryl methyl sites for hydroxylation is 1. The molecule has 0 atom stereocenters. The van der Waals surface area contributed by atoms with Crippen molar-refractivity contribution in [2.24, 2.45) is 0 Å². The van der Waals surface area contributed by atoms with E-state index in [1.807, 2.05) is 26.8 Å². The van der Waals surface area contributed by atoms with Gasteiger partial charge in [-0.1, -0.05) is 0 Å². The molecule has 3 aromatic rings. The van der Waals surface area contributed by atoms with E-state index in [0.29, 0.717) is 22.7 Å². The lowest BCUT2D eigenvalue weighted by atomic mass is 10.1. The Labute approximate surface area is 139 Å². The number of anilines is 1. The number of aromatic nitrogens is 4. The fraction of sp³-hybridized carbons (Fsp3) is 0.294. The SMILES string of the molecule is COc1ccc(-c2cc3c(C)nc(N)nc3n(C(C)C)c2=O)cn1. The second kappa shape index (κ2) is 5.92. The Balaban J connectivity index is 2.36. The maximum Gasteiger partial charge on any atom is 0.260 e. The number of hydrogen-bond donors (Lipinski definition) is 1. The van der Waals surface area contributed by atoms with Gasteiger partial charge in [-0.05, 0) is 32.9 Å². The first-order chi connectivity index (χ1) is 11.4. The van der Waals surface area contributed by atoms with E-state index >= 15 is 0 Å². The number of methoxy groups -OCH3 is 1. The molecule has 0 aliphatic rings. The molecule has 7 heteroatoms. The summed E-state index contributed by atoms with van der Waals surface area (Å²) in [5.41, 5.74) is 8.16. The second-order valence-electron chi connectivity index (χ2n) is 5.82. The van der Waals surface area contributed by atoms with Gasteiger partial charge in [0.2, 0.25) is 11.8 Å². The molecular formula is C17H19N5O2. The van der Waals surface area contributed by atoms with Crippen molar-refractivity contribution in [3.8, 4) is 17.0 Å². The molecule has 124 valence electrons. The van der Waals surface area contributed by atoms with E-state index in [2.05, 4.69) is 15.0 Å². The molecule has 0 aliphatic carbocycles. The molecule has 0 saturated heterocycles. The van der Waals surface area contributed by atoms with E-state index in [9.17, 15) is 4.79 Å². The van der Waals surface area contributed by atoms with E-state index in [-0.39, 0.29) is 17.5 Å². The molecule has 0 bridgehead atoms. The first-order valence-electron chi connectivity index (χ1n) is 7.62. The Hall–Kier alpha value is -2.96. The molecule has 0 radical (unpaired) electrons. The number of ether oxygens (including phenoxy) is 1. The van der Waals surface area contributed by atoms with Crippen LogP contribution in [0.3, 0.4) is 0 Å². The summed E-state index contributed by atoms with van der Waals surface area (Å²) < 4.78 is 6.71. The lowest BCUT2D eigenvalue weighted by Crippen LogP contribution is -2.25. The summed E-state index contributed by atoms with van der Waals surface area (Å²) in [5.74, 6) is 0.656. The first-order valence-corrected chi connectivity index (χ1v) is 7.62. The standard InChI is InChI=1S/C17H19N5O2/c1-9(2)22-15-12(10(3)20-17(18)21-15)7-13(16(22)23)11-5-6-14(24-4)19-8-11/h5-9H,1-4H3,(H2,18,20,21). The largest absolute Gasteiger partial charge is 0.481 e. The molecule has 0 aromatic carbocycles. The Morgan fingerprint density at radius 2 is 2.00 bits per heavy atom. The van der Waals surface area contributed by atoms with Crippen LogP contribution in [0.15, 0.2) is 29.2 Å². The van der Waals surface area contributed by atoms with Crippen LogP contribution < -0.4 is 16.0 Å². The van der Waals surface area contributed by atoms with Gasteiger partial charge in [0.1, 0.15) is 5.65 Å². The van der Waals surface area contributed by atoms with Gasteiger partial charge in [0.15, 0.2) is 0 Å². The van der Waals surface area contributed by atoms with Crippen LogP contribution in [-0.4, -0.2) is 26.6 Å². The molecular weight excluding hydrogens is 306 g/mol. The number of nitrogens with zero attached hydrogens (tertiary/aromatic N) is 4. The molecule has 2 N–H and O–H groups in total. The fourth-order valence-corrected chi connectivity index (χ4v) is 2.72. The maximum absolute atomic E-state index is 13.0. The third kappa shape index (κ3) is 2.58. The van der Waals surface area contributed by atoms with Gasteiger partial charge in [0.05, 0.1) is 12.8 Å². The lowest BCUT2D eigenvalue weighted by Gasteiger charge is -2.16. The molecule has 24 heavy (non-hydrogen) atoms. The van der Waals surface area contributed by atoms with E-state index in [4.69, 9.17) is 10.5 Å². The van der Waals surface area contributed by atoms with Gasteiger partial charge in [0, 0.05) is 34.8 Å². The van der Waals surface area contributed by atoms with E-state index in [1.54, 1.807) is 30.0 Å². The van der Waals surface area contributed by atoms with Gasteiger partial charge in [-0.15, -0.1) is 0 Å². The normalized spacial score (nSPS) is 11.2. The zero-order chi connectivity index (χ0) is 17.4. The van der Waals surface area contributed by atoms with E-state index < -0.39 is 0 Å². The Morgan fingerprint density at radius 3 is 2.58 bits per heavy atom. The van der Waals surface area contributed by atoms with Gasteiger partial charge in [-0.3, -0.25) is 9.36 Å². The van der Waals surface area contributed by atoms with Crippen molar-refractivity contribution in [1.29, 1.82) is 0 Å². The summed E-state index contributed by atoms with van der Waals surface area (Å²) in [5, 5.41) is 0.795. The molecule has 0 aliphatic heterocycles. The van der Waals surface area contributed by atoms with E-state index in [0.717, 1.165) is 11.1 Å².